The van der Waals surface area contributed by atoms with Crippen LogP contribution in [0.3, 0.4) is 0 Å². The van der Waals surface area contributed by atoms with Gasteiger partial charge in [0.25, 0.3) is 0 Å². The Morgan fingerprint density at radius 1 is 1.40 bits per heavy atom. The minimum atomic E-state index is 0.131. The van der Waals surface area contributed by atoms with Gasteiger partial charge in [-0.3, -0.25) is 0 Å². The number of aromatic nitrogens is 3. The topological polar surface area (TPSA) is 76.7 Å². The summed E-state index contributed by atoms with van der Waals surface area (Å²) in [6.07, 6.45) is 3.71. The van der Waals surface area contributed by atoms with Crippen LogP contribution >= 0.6 is 11.6 Å². The van der Waals surface area contributed by atoms with E-state index in [-0.39, 0.29) is 11.2 Å². The number of nitrogens with zero attached hydrogens (tertiary/aromatic N) is 3. The average molecular weight is 228 g/mol. The molecule has 0 unspecified atom stereocenters. The molecule has 1 aliphatic rings. The molecule has 0 aromatic carbocycles. The Labute approximate surface area is 93.5 Å². The molecule has 15 heavy (non-hydrogen) atoms. The predicted octanol–water partition coefficient (Wildman–Crippen LogP) is 1.71. The zero-order valence-corrected chi connectivity index (χ0v) is 9.38. The number of hydrogen-bond donors (Lipinski definition) is 2. The standard InChI is InChI=1S/C9H14ClN5/c1-2-9(3-4-9)5-12-8-14-6(10)13-7(11)15-8/h2-5H2,1H3,(H3,11,12,13,14,15). The van der Waals surface area contributed by atoms with Crippen molar-refractivity contribution < 1.29 is 0 Å². The fraction of sp³-hybridized carbons (Fsp3) is 0.667. The summed E-state index contributed by atoms with van der Waals surface area (Å²) in [5.74, 6) is 0.617. The molecule has 1 heterocycles. The molecule has 0 atom stereocenters. The molecule has 1 aromatic heterocycles. The van der Waals surface area contributed by atoms with Crippen molar-refractivity contribution in [1.82, 2.24) is 15.0 Å². The molecular weight excluding hydrogens is 214 g/mol. The van der Waals surface area contributed by atoms with Gasteiger partial charge in [-0.05, 0) is 36.3 Å². The normalized spacial score (nSPS) is 17.5. The summed E-state index contributed by atoms with van der Waals surface area (Å²) in [4.78, 5) is 11.6. The average Bonchev–Trinajstić information content (AvgIpc) is 2.94. The maximum atomic E-state index is 5.67. The Morgan fingerprint density at radius 3 is 2.67 bits per heavy atom. The van der Waals surface area contributed by atoms with E-state index in [4.69, 9.17) is 17.3 Å². The largest absolute Gasteiger partial charge is 0.368 e. The second kappa shape index (κ2) is 3.81. The highest BCUT2D eigenvalue weighted by Crippen LogP contribution is 2.48. The lowest BCUT2D eigenvalue weighted by molar-refractivity contribution is 0.519. The number of nitrogens with two attached hydrogens (primary N) is 1. The summed E-state index contributed by atoms with van der Waals surface area (Å²) in [6.45, 7) is 3.08. The fourth-order valence-electron chi connectivity index (χ4n) is 1.54. The summed E-state index contributed by atoms with van der Waals surface area (Å²) in [6, 6.07) is 0. The van der Waals surface area contributed by atoms with E-state index in [1.165, 1.54) is 19.3 Å². The van der Waals surface area contributed by atoms with Crippen LogP contribution in [0.25, 0.3) is 0 Å². The number of hydrogen-bond acceptors (Lipinski definition) is 5. The first-order valence-corrected chi connectivity index (χ1v) is 5.42. The molecule has 1 fully saturated rings. The first-order valence-electron chi connectivity index (χ1n) is 5.04. The van der Waals surface area contributed by atoms with Gasteiger partial charge in [-0.15, -0.1) is 0 Å². The van der Waals surface area contributed by atoms with Gasteiger partial charge in [0.2, 0.25) is 17.2 Å². The quantitative estimate of drug-likeness (QED) is 0.819. The van der Waals surface area contributed by atoms with E-state index in [1.807, 2.05) is 0 Å². The third-order valence-electron chi connectivity index (χ3n) is 2.95. The number of nitrogens with one attached hydrogen (secondary N) is 1. The Bertz CT molecular complexity index is 343. The van der Waals surface area contributed by atoms with Crippen LogP contribution in [0.2, 0.25) is 5.28 Å². The predicted molar refractivity (Wildman–Crippen MR) is 59.7 cm³/mol. The summed E-state index contributed by atoms with van der Waals surface area (Å²) in [5, 5.41) is 3.28. The molecule has 2 rings (SSSR count). The summed E-state index contributed by atoms with van der Waals surface area (Å²) in [7, 11) is 0. The molecule has 0 saturated heterocycles. The smallest absolute Gasteiger partial charge is 0.228 e. The molecule has 0 spiro atoms. The molecule has 0 bridgehead atoms. The monoisotopic (exact) mass is 227 g/mol. The zero-order chi connectivity index (χ0) is 10.9. The van der Waals surface area contributed by atoms with Crippen molar-refractivity contribution in [2.24, 2.45) is 5.41 Å². The zero-order valence-electron chi connectivity index (χ0n) is 8.63. The molecule has 0 aliphatic heterocycles. The van der Waals surface area contributed by atoms with Gasteiger partial charge in [-0.25, -0.2) is 0 Å². The molecule has 5 nitrogen and oxygen atoms in total. The van der Waals surface area contributed by atoms with E-state index >= 15 is 0 Å². The van der Waals surface area contributed by atoms with Gasteiger partial charge in [0, 0.05) is 6.54 Å². The van der Waals surface area contributed by atoms with E-state index < -0.39 is 0 Å². The van der Waals surface area contributed by atoms with Gasteiger partial charge < -0.3 is 11.1 Å². The lowest BCUT2D eigenvalue weighted by atomic mass is 10.0. The number of halogens is 1. The van der Waals surface area contributed by atoms with Gasteiger partial charge in [0.05, 0.1) is 0 Å². The van der Waals surface area contributed by atoms with Crippen LogP contribution in [0.4, 0.5) is 11.9 Å². The van der Waals surface area contributed by atoms with E-state index in [9.17, 15) is 0 Å². The van der Waals surface area contributed by atoms with Gasteiger partial charge >= 0.3 is 0 Å². The van der Waals surface area contributed by atoms with Crippen molar-refractivity contribution in [2.45, 2.75) is 26.2 Å². The summed E-state index contributed by atoms with van der Waals surface area (Å²) in [5.41, 5.74) is 5.90. The van der Waals surface area contributed by atoms with Crippen molar-refractivity contribution in [3.05, 3.63) is 5.28 Å². The van der Waals surface area contributed by atoms with Crippen LogP contribution in [-0.2, 0) is 0 Å². The summed E-state index contributed by atoms with van der Waals surface area (Å²) < 4.78 is 0. The number of rotatable bonds is 4. The maximum absolute atomic E-state index is 5.67. The van der Waals surface area contributed by atoms with Gasteiger partial charge in [0.15, 0.2) is 0 Å². The fourth-order valence-corrected chi connectivity index (χ4v) is 1.71. The molecule has 1 aliphatic carbocycles. The highest BCUT2D eigenvalue weighted by Gasteiger charge is 2.40. The van der Waals surface area contributed by atoms with Crippen molar-refractivity contribution >= 4 is 23.5 Å². The van der Waals surface area contributed by atoms with Crippen molar-refractivity contribution in [3.63, 3.8) is 0 Å². The van der Waals surface area contributed by atoms with Crippen LogP contribution < -0.4 is 11.1 Å². The van der Waals surface area contributed by atoms with Crippen molar-refractivity contribution in [3.8, 4) is 0 Å². The molecule has 82 valence electrons. The van der Waals surface area contributed by atoms with E-state index in [2.05, 4.69) is 27.2 Å². The lowest BCUT2D eigenvalue weighted by Crippen LogP contribution is -2.16. The summed E-state index contributed by atoms with van der Waals surface area (Å²) >= 11 is 5.67. The third kappa shape index (κ3) is 2.47. The van der Waals surface area contributed by atoms with Gasteiger partial charge in [0.1, 0.15) is 0 Å². The molecule has 0 radical (unpaired) electrons. The Balaban J connectivity index is 1.99. The van der Waals surface area contributed by atoms with Gasteiger partial charge in [-0.2, -0.15) is 15.0 Å². The minimum Gasteiger partial charge on any atom is -0.368 e. The highest BCUT2D eigenvalue weighted by molar-refractivity contribution is 6.28. The second-order valence-corrected chi connectivity index (χ2v) is 4.33. The van der Waals surface area contributed by atoms with Gasteiger partial charge in [-0.1, -0.05) is 6.92 Å². The minimum absolute atomic E-state index is 0.131. The molecule has 1 saturated carbocycles. The van der Waals surface area contributed by atoms with Crippen LogP contribution in [-0.4, -0.2) is 21.5 Å². The second-order valence-electron chi connectivity index (χ2n) is 3.99. The van der Waals surface area contributed by atoms with Crippen LogP contribution in [0.5, 0.6) is 0 Å². The molecule has 0 amide bonds. The number of nitrogen functional groups attached to an aromatic ring is 1. The third-order valence-corrected chi connectivity index (χ3v) is 3.12. The maximum Gasteiger partial charge on any atom is 0.228 e. The Hall–Kier alpha value is -1.10. The first-order chi connectivity index (χ1) is 7.13. The lowest BCUT2D eigenvalue weighted by Gasteiger charge is -2.13. The number of anilines is 2. The van der Waals surface area contributed by atoms with Crippen molar-refractivity contribution in [1.29, 1.82) is 0 Å². The van der Waals surface area contributed by atoms with E-state index in [0.717, 1.165) is 6.54 Å². The van der Waals surface area contributed by atoms with Crippen LogP contribution in [0.15, 0.2) is 0 Å². The van der Waals surface area contributed by atoms with Crippen LogP contribution in [0, 0.1) is 5.41 Å². The molecule has 6 heteroatoms. The van der Waals surface area contributed by atoms with E-state index in [1.54, 1.807) is 0 Å². The molecular formula is C9H14ClN5. The SMILES string of the molecule is CCC1(CNc2nc(N)nc(Cl)n2)CC1. The highest BCUT2D eigenvalue weighted by atomic mass is 35.5. The molecule has 1 aromatic rings. The first kappa shape index (κ1) is 10.4. The molecule has 3 N–H and O–H groups in total. The van der Waals surface area contributed by atoms with E-state index in [0.29, 0.717) is 11.4 Å². The van der Waals surface area contributed by atoms with Crippen LogP contribution in [0.1, 0.15) is 26.2 Å². The Kier molecular flexibility index (Phi) is 2.65. The van der Waals surface area contributed by atoms with Crippen molar-refractivity contribution in [2.75, 3.05) is 17.6 Å². The Morgan fingerprint density at radius 2 is 2.13 bits per heavy atom.